The largest absolute Gasteiger partial charge is 0.496 e. The van der Waals surface area contributed by atoms with Crippen molar-refractivity contribution in [3.63, 3.8) is 0 Å². The number of halogens is 2. The first-order valence-electron chi connectivity index (χ1n) is 4.96. The van der Waals surface area contributed by atoms with Crippen molar-refractivity contribution in [2.24, 2.45) is 0 Å². The molecule has 1 aliphatic heterocycles. The summed E-state index contributed by atoms with van der Waals surface area (Å²) in [6.07, 6.45) is 0.967. The Bertz CT molecular complexity index is 364. The van der Waals surface area contributed by atoms with Crippen LogP contribution in [0.1, 0.15) is 17.9 Å². The number of hydrogen-bond acceptors (Lipinski definition) is 2. The Morgan fingerprint density at radius 1 is 1.53 bits per heavy atom. The van der Waals surface area contributed by atoms with Gasteiger partial charge in [0, 0.05) is 22.5 Å². The molecule has 0 amide bonds. The molecule has 1 aromatic rings. The molecule has 15 heavy (non-hydrogen) atoms. The monoisotopic (exact) mass is 273 g/mol. The lowest BCUT2D eigenvalue weighted by molar-refractivity contribution is 0.399. The van der Waals surface area contributed by atoms with Gasteiger partial charge >= 0.3 is 0 Å². The van der Waals surface area contributed by atoms with Crippen molar-refractivity contribution >= 4 is 15.9 Å². The molecule has 1 aromatic carbocycles. The van der Waals surface area contributed by atoms with Crippen molar-refractivity contribution in [1.29, 1.82) is 0 Å². The van der Waals surface area contributed by atoms with Gasteiger partial charge < -0.3 is 10.1 Å². The Morgan fingerprint density at radius 3 is 2.93 bits per heavy atom. The number of methoxy groups -OCH3 is 1. The van der Waals surface area contributed by atoms with E-state index in [1.807, 2.05) is 6.07 Å². The molecule has 1 unspecified atom stereocenters. The zero-order valence-electron chi connectivity index (χ0n) is 8.52. The van der Waals surface area contributed by atoms with Gasteiger partial charge in [0.25, 0.3) is 0 Å². The first-order valence-corrected chi connectivity index (χ1v) is 5.75. The molecule has 1 fully saturated rings. The Morgan fingerprint density at radius 2 is 2.33 bits per heavy atom. The average Bonchev–Trinajstić information content (AvgIpc) is 2.69. The van der Waals surface area contributed by atoms with E-state index >= 15 is 0 Å². The maximum atomic E-state index is 13.8. The summed E-state index contributed by atoms with van der Waals surface area (Å²) < 4.78 is 19.7. The van der Waals surface area contributed by atoms with Gasteiger partial charge in [0.2, 0.25) is 0 Å². The quantitative estimate of drug-likeness (QED) is 0.895. The molecule has 0 saturated carbocycles. The van der Waals surface area contributed by atoms with Crippen LogP contribution in [0.3, 0.4) is 0 Å². The maximum absolute atomic E-state index is 13.8. The van der Waals surface area contributed by atoms with Crippen molar-refractivity contribution < 1.29 is 9.13 Å². The fourth-order valence-electron chi connectivity index (χ4n) is 2.03. The number of benzene rings is 1. The summed E-state index contributed by atoms with van der Waals surface area (Å²) in [5, 5.41) is 3.23. The molecule has 1 aliphatic rings. The summed E-state index contributed by atoms with van der Waals surface area (Å²) in [7, 11) is 1.58. The van der Waals surface area contributed by atoms with E-state index in [-0.39, 0.29) is 11.7 Å². The Balaban J connectivity index is 2.43. The van der Waals surface area contributed by atoms with Crippen molar-refractivity contribution in [3.8, 4) is 5.75 Å². The SMILES string of the molecule is COc1cc(Br)cc(F)c1C1CCNC1. The predicted octanol–water partition coefficient (Wildman–Crippen LogP) is 2.67. The van der Waals surface area contributed by atoms with Crippen LogP contribution in [-0.2, 0) is 0 Å². The third-order valence-corrected chi connectivity index (χ3v) is 3.20. The standard InChI is InChI=1S/C11H13BrFNO/c1-15-10-5-8(12)4-9(13)11(10)7-2-3-14-6-7/h4-5,7,14H,2-3,6H2,1H3. The summed E-state index contributed by atoms with van der Waals surface area (Å²) >= 11 is 3.26. The molecule has 1 N–H and O–H groups in total. The van der Waals surface area contributed by atoms with E-state index in [0.717, 1.165) is 19.5 Å². The van der Waals surface area contributed by atoms with Gasteiger partial charge in [-0.1, -0.05) is 15.9 Å². The van der Waals surface area contributed by atoms with Crippen LogP contribution in [0.4, 0.5) is 4.39 Å². The second-order valence-electron chi connectivity index (χ2n) is 3.69. The number of nitrogens with one attached hydrogen (secondary N) is 1. The highest BCUT2D eigenvalue weighted by Gasteiger charge is 2.24. The molecule has 0 bridgehead atoms. The van der Waals surface area contributed by atoms with E-state index < -0.39 is 0 Å². The molecule has 4 heteroatoms. The Labute approximate surface area is 96.9 Å². The van der Waals surface area contributed by atoms with Gasteiger partial charge in [-0.2, -0.15) is 0 Å². The normalized spacial score (nSPS) is 20.6. The minimum atomic E-state index is -0.185. The first-order chi connectivity index (χ1) is 7.22. The van der Waals surface area contributed by atoms with Crippen LogP contribution >= 0.6 is 15.9 Å². The van der Waals surface area contributed by atoms with Gasteiger partial charge in [0.1, 0.15) is 11.6 Å². The van der Waals surface area contributed by atoms with Crippen molar-refractivity contribution in [1.82, 2.24) is 5.32 Å². The van der Waals surface area contributed by atoms with E-state index in [1.54, 1.807) is 7.11 Å². The number of ether oxygens (including phenoxy) is 1. The van der Waals surface area contributed by atoms with Gasteiger partial charge in [0.15, 0.2) is 0 Å². The molecular formula is C11H13BrFNO. The van der Waals surface area contributed by atoms with Crippen molar-refractivity contribution in [2.45, 2.75) is 12.3 Å². The van der Waals surface area contributed by atoms with Crippen molar-refractivity contribution in [3.05, 3.63) is 28.0 Å². The van der Waals surface area contributed by atoms with Gasteiger partial charge in [-0.15, -0.1) is 0 Å². The lowest BCUT2D eigenvalue weighted by Crippen LogP contribution is -2.10. The predicted molar refractivity (Wildman–Crippen MR) is 60.9 cm³/mol. The maximum Gasteiger partial charge on any atom is 0.131 e. The van der Waals surface area contributed by atoms with Crippen LogP contribution in [0, 0.1) is 5.82 Å². The van der Waals surface area contributed by atoms with E-state index in [2.05, 4.69) is 21.2 Å². The molecule has 0 spiro atoms. The second-order valence-corrected chi connectivity index (χ2v) is 4.61. The molecule has 2 rings (SSSR count). The molecule has 0 radical (unpaired) electrons. The fourth-order valence-corrected chi connectivity index (χ4v) is 2.44. The minimum Gasteiger partial charge on any atom is -0.496 e. The summed E-state index contributed by atoms with van der Waals surface area (Å²) in [5.41, 5.74) is 0.700. The lowest BCUT2D eigenvalue weighted by Gasteiger charge is -2.15. The summed E-state index contributed by atoms with van der Waals surface area (Å²) in [6, 6.07) is 3.31. The van der Waals surface area contributed by atoms with Crippen LogP contribution < -0.4 is 10.1 Å². The molecule has 1 atom stereocenters. The van der Waals surface area contributed by atoms with E-state index in [9.17, 15) is 4.39 Å². The first kappa shape index (κ1) is 10.9. The molecule has 1 heterocycles. The highest BCUT2D eigenvalue weighted by molar-refractivity contribution is 9.10. The molecule has 0 aliphatic carbocycles. The van der Waals surface area contributed by atoms with Crippen LogP contribution in [0.15, 0.2) is 16.6 Å². The summed E-state index contributed by atoms with van der Waals surface area (Å²) in [5.74, 6) is 0.679. The molecule has 0 aromatic heterocycles. The molecule has 82 valence electrons. The summed E-state index contributed by atoms with van der Waals surface area (Å²) in [6.45, 7) is 1.78. The van der Waals surface area contributed by atoms with Crippen LogP contribution in [0.25, 0.3) is 0 Å². The summed E-state index contributed by atoms with van der Waals surface area (Å²) in [4.78, 5) is 0. The third kappa shape index (κ3) is 2.16. The van der Waals surface area contributed by atoms with E-state index in [0.29, 0.717) is 15.8 Å². The zero-order chi connectivity index (χ0) is 10.8. The van der Waals surface area contributed by atoms with Crippen LogP contribution in [0.2, 0.25) is 0 Å². The highest BCUT2D eigenvalue weighted by atomic mass is 79.9. The second kappa shape index (κ2) is 4.49. The molecular weight excluding hydrogens is 261 g/mol. The van der Waals surface area contributed by atoms with Gasteiger partial charge in [-0.3, -0.25) is 0 Å². The van der Waals surface area contributed by atoms with Crippen molar-refractivity contribution in [2.75, 3.05) is 20.2 Å². The minimum absolute atomic E-state index is 0.185. The Hall–Kier alpha value is -0.610. The Kier molecular flexibility index (Phi) is 3.26. The highest BCUT2D eigenvalue weighted by Crippen LogP contribution is 2.35. The molecule has 2 nitrogen and oxygen atoms in total. The van der Waals surface area contributed by atoms with E-state index in [4.69, 9.17) is 4.74 Å². The topological polar surface area (TPSA) is 21.3 Å². The van der Waals surface area contributed by atoms with E-state index in [1.165, 1.54) is 6.07 Å². The van der Waals surface area contributed by atoms with Gasteiger partial charge in [-0.25, -0.2) is 4.39 Å². The number of hydrogen-bond donors (Lipinski definition) is 1. The zero-order valence-corrected chi connectivity index (χ0v) is 10.1. The van der Waals surface area contributed by atoms with Gasteiger partial charge in [0.05, 0.1) is 7.11 Å². The fraction of sp³-hybridized carbons (Fsp3) is 0.455. The average molecular weight is 274 g/mol. The third-order valence-electron chi connectivity index (χ3n) is 2.74. The number of rotatable bonds is 2. The lowest BCUT2D eigenvalue weighted by atomic mass is 9.97. The van der Waals surface area contributed by atoms with Crippen LogP contribution in [-0.4, -0.2) is 20.2 Å². The molecule has 1 saturated heterocycles. The smallest absolute Gasteiger partial charge is 0.131 e. The van der Waals surface area contributed by atoms with Crippen LogP contribution in [0.5, 0.6) is 5.75 Å². The van der Waals surface area contributed by atoms with Gasteiger partial charge in [-0.05, 0) is 25.1 Å².